The highest BCUT2D eigenvalue weighted by molar-refractivity contribution is 7.85. The van der Waals surface area contributed by atoms with Crippen LogP contribution < -0.4 is 0 Å². The topological polar surface area (TPSA) is 96.2 Å². The molecule has 1 aliphatic rings. The molecular weight excluding hydrogens is 256 g/mol. The van der Waals surface area contributed by atoms with Crippen molar-refractivity contribution in [3.05, 3.63) is 41.1 Å². The maximum absolute atomic E-state index is 11.4. The highest BCUT2D eigenvalue weighted by Crippen LogP contribution is 2.21. The molecule has 0 saturated heterocycles. The largest absolute Gasteiger partial charge is 0.294 e. The molecule has 0 aliphatic carbocycles. The van der Waals surface area contributed by atoms with Crippen LogP contribution in [-0.4, -0.2) is 18.9 Å². The van der Waals surface area contributed by atoms with Crippen LogP contribution in [-0.2, 0) is 21.3 Å². The summed E-state index contributed by atoms with van der Waals surface area (Å²) in [6.07, 6.45) is 0.337. The smallest absolute Gasteiger partial charge is 0.282 e. The fourth-order valence-corrected chi connectivity index (χ4v) is 2.06. The van der Waals surface area contributed by atoms with Crippen molar-refractivity contribution in [1.82, 2.24) is 0 Å². The molecule has 6 nitrogen and oxygen atoms in total. The number of rotatable bonds is 3. The SMILES string of the molecule is CC1=C(Cc2ccc(S(=O)(=O)O)cc2)C(=O)N=N1. The summed E-state index contributed by atoms with van der Waals surface area (Å²) in [6, 6.07) is 5.65. The summed E-state index contributed by atoms with van der Waals surface area (Å²) in [5.41, 5.74) is 1.81. The number of carbonyl (C=O) groups is 1. The average Bonchev–Trinajstić information content (AvgIpc) is 2.60. The first kappa shape index (κ1) is 12.6. The molecule has 0 spiro atoms. The van der Waals surface area contributed by atoms with Gasteiger partial charge in [-0.15, -0.1) is 5.11 Å². The van der Waals surface area contributed by atoms with E-state index in [9.17, 15) is 13.2 Å². The van der Waals surface area contributed by atoms with Crippen molar-refractivity contribution < 1.29 is 17.8 Å². The van der Waals surface area contributed by atoms with E-state index in [1.54, 1.807) is 6.92 Å². The van der Waals surface area contributed by atoms with Crippen molar-refractivity contribution in [3.63, 3.8) is 0 Å². The summed E-state index contributed by atoms with van der Waals surface area (Å²) in [7, 11) is -4.18. The van der Waals surface area contributed by atoms with Gasteiger partial charge in [0.25, 0.3) is 16.0 Å². The van der Waals surface area contributed by atoms with E-state index >= 15 is 0 Å². The quantitative estimate of drug-likeness (QED) is 0.843. The number of carbonyl (C=O) groups excluding carboxylic acids is 1. The molecule has 1 N–H and O–H groups in total. The van der Waals surface area contributed by atoms with E-state index in [1.807, 2.05) is 0 Å². The standard InChI is InChI=1S/C11H10N2O4S/c1-7-10(11(14)13-12-7)6-8-2-4-9(5-3-8)18(15,16)17/h2-5H,6H2,1H3,(H,15,16,17). The molecule has 2 rings (SSSR count). The summed E-state index contributed by atoms with van der Waals surface area (Å²) in [6.45, 7) is 1.69. The minimum Gasteiger partial charge on any atom is -0.282 e. The van der Waals surface area contributed by atoms with Crippen LogP contribution in [0.25, 0.3) is 0 Å². The highest BCUT2D eigenvalue weighted by atomic mass is 32.2. The lowest BCUT2D eigenvalue weighted by Gasteiger charge is -2.02. The summed E-state index contributed by atoms with van der Waals surface area (Å²) < 4.78 is 30.5. The summed E-state index contributed by atoms with van der Waals surface area (Å²) in [4.78, 5) is 11.2. The van der Waals surface area contributed by atoms with Crippen LogP contribution in [0.3, 0.4) is 0 Å². The molecule has 7 heteroatoms. The third-order valence-corrected chi connectivity index (χ3v) is 3.46. The molecule has 94 valence electrons. The third-order valence-electron chi connectivity index (χ3n) is 2.59. The molecule has 1 amide bonds. The normalized spacial score (nSPS) is 15.6. The predicted molar refractivity (Wildman–Crippen MR) is 62.5 cm³/mol. The molecule has 0 aromatic heterocycles. The van der Waals surface area contributed by atoms with Gasteiger partial charge in [-0.05, 0) is 24.6 Å². The Labute approximate surface area is 104 Å². The van der Waals surface area contributed by atoms with E-state index < -0.39 is 10.1 Å². The van der Waals surface area contributed by atoms with Gasteiger partial charge in [0.2, 0.25) is 0 Å². The Bertz CT molecular complexity index is 657. The van der Waals surface area contributed by atoms with Crippen molar-refractivity contribution in [2.45, 2.75) is 18.2 Å². The van der Waals surface area contributed by atoms with Crippen LogP contribution in [0.5, 0.6) is 0 Å². The van der Waals surface area contributed by atoms with Crippen molar-refractivity contribution in [2.75, 3.05) is 0 Å². The molecule has 0 atom stereocenters. The van der Waals surface area contributed by atoms with Gasteiger partial charge in [0.15, 0.2) is 0 Å². The van der Waals surface area contributed by atoms with Gasteiger partial charge in [-0.1, -0.05) is 12.1 Å². The van der Waals surface area contributed by atoms with E-state index in [0.717, 1.165) is 5.56 Å². The van der Waals surface area contributed by atoms with E-state index in [1.165, 1.54) is 24.3 Å². The lowest BCUT2D eigenvalue weighted by molar-refractivity contribution is -0.114. The summed E-state index contributed by atoms with van der Waals surface area (Å²) >= 11 is 0. The molecule has 0 radical (unpaired) electrons. The molecule has 0 fully saturated rings. The molecule has 0 unspecified atom stereocenters. The van der Waals surface area contributed by atoms with Gasteiger partial charge in [0.05, 0.1) is 10.6 Å². The molecule has 1 aromatic rings. The second-order valence-electron chi connectivity index (χ2n) is 3.86. The third kappa shape index (κ3) is 2.52. The maximum atomic E-state index is 11.4. The molecule has 1 aromatic carbocycles. The summed E-state index contributed by atoms with van der Waals surface area (Å²) in [5.74, 6) is -0.369. The first-order chi connectivity index (χ1) is 8.38. The Morgan fingerprint density at radius 1 is 1.17 bits per heavy atom. The Hall–Kier alpha value is -1.86. The number of allylic oxidation sites excluding steroid dienone is 1. The maximum Gasteiger partial charge on any atom is 0.294 e. The van der Waals surface area contributed by atoms with Crippen LogP contribution in [0.2, 0.25) is 0 Å². The number of hydrogen-bond donors (Lipinski definition) is 1. The van der Waals surface area contributed by atoms with Gasteiger partial charge in [0, 0.05) is 12.0 Å². The fraction of sp³-hybridized carbons (Fsp3) is 0.182. The number of azo groups is 1. The zero-order valence-electron chi connectivity index (χ0n) is 9.49. The molecule has 0 saturated carbocycles. The first-order valence-corrected chi connectivity index (χ1v) is 6.54. The average molecular weight is 266 g/mol. The zero-order valence-corrected chi connectivity index (χ0v) is 10.3. The van der Waals surface area contributed by atoms with Gasteiger partial charge < -0.3 is 0 Å². The molecule has 0 bridgehead atoms. The highest BCUT2D eigenvalue weighted by Gasteiger charge is 2.18. The van der Waals surface area contributed by atoms with Gasteiger partial charge >= 0.3 is 0 Å². The van der Waals surface area contributed by atoms with Gasteiger partial charge in [-0.3, -0.25) is 9.35 Å². The second-order valence-corrected chi connectivity index (χ2v) is 5.29. The number of amides is 1. The van der Waals surface area contributed by atoms with Crippen LogP contribution >= 0.6 is 0 Å². The van der Waals surface area contributed by atoms with E-state index in [-0.39, 0.29) is 10.8 Å². The lowest BCUT2D eigenvalue weighted by Crippen LogP contribution is -2.01. The minimum atomic E-state index is -4.18. The fourth-order valence-electron chi connectivity index (χ4n) is 1.58. The Balaban J connectivity index is 2.23. The van der Waals surface area contributed by atoms with Crippen molar-refractivity contribution in [2.24, 2.45) is 10.2 Å². The first-order valence-electron chi connectivity index (χ1n) is 5.10. The van der Waals surface area contributed by atoms with E-state index in [0.29, 0.717) is 17.7 Å². The monoisotopic (exact) mass is 266 g/mol. The van der Waals surface area contributed by atoms with Crippen LogP contribution in [0.4, 0.5) is 0 Å². The molecule has 1 aliphatic heterocycles. The van der Waals surface area contributed by atoms with Gasteiger partial charge in [0.1, 0.15) is 0 Å². The van der Waals surface area contributed by atoms with Gasteiger partial charge in [-0.25, -0.2) is 0 Å². The lowest BCUT2D eigenvalue weighted by atomic mass is 10.0. The van der Waals surface area contributed by atoms with Crippen LogP contribution in [0.15, 0.2) is 50.7 Å². The number of benzene rings is 1. The van der Waals surface area contributed by atoms with Crippen molar-refractivity contribution in [3.8, 4) is 0 Å². The van der Waals surface area contributed by atoms with Gasteiger partial charge in [-0.2, -0.15) is 13.5 Å². The minimum absolute atomic E-state index is 0.177. The van der Waals surface area contributed by atoms with Crippen LogP contribution in [0.1, 0.15) is 12.5 Å². The Morgan fingerprint density at radius 3 is 2.22 bits per heavy atom. The molecule has 18 heavy (non-hydrogen) atoms. The zero-order chi connectivity index (χ0) is 13.3. The Kier molecular flexibility index (Phi) is 3.10. The Morgan fingerprint density at radius 2 is 1.78 bits per heavy atom. The molecular formula is C11H10N2O4S. The van der Waals surface area contributed by atoms with Crippen molar-refractivity contribution >= 4 is 16.0 Å². The summed E-state index contributed by atoms with van der Waals surface area (Å²) in [5, 5.41) is 7.10. The number of hydrogen-bond acceptors (Lipinski definition) is 4. The second kappa shape index (κ2) is 4.43. The van der Waals surface area contributed by atoms with Crippen molar-refractivity contribution in [1.29, 1.82) is 0 Å². The van der Waals surface area contributed by atoms with E-state index in [4.69, 9.17) is 4.55 Å². The van der Waals surface area contributed by atoms with Crippen LogP contribution in [0, 0.1) is 0 Å². The van der Waals surface area contributed by atoms with E-state index in [2.05, 4.69) is 10.2 Å². The predicted octanol–water partition coefficient (Wildman–Crippen LogP) is 1.74. The molecule has 1 heterocycles. The number of nitrogens with zero attached hydrogens (tertiary/aromatic N) is 2.